The van der Waals surface area contributed by atoms with Crippen LogP contribution in [-0.2, 0) is 20.9 Å². The molecule has 1 heterocycles. The van der Waals surface area contributed by atoms with E-state index >= 15 is 0 Å². The van der Waals surface area contributed by atoms with Crippen LogP contribution < -0.4 is 0 Å². The normalized spacial score (nSPS) is 13.1. The highest BCUT2D eigenvalue weighted by atomic mass is 32.2. The fourth-order valence-corrected chi connectivity index (χ4v) is 1.83. The molecule has 0 saturated carbocycles. The smallest absolute Gasteiger partial charge is 0.356 e. The fourth-order valence-electron chi connectivity index (χ4n) is 1.42. The third kappa shape index (κ3) is 2.49. The molecule has 8 heteroatoms. The van der Waals surface area contributed by atoms with Gasteiger partial charge in [0.05, 0.1) is 0 Å². The van der Waals surface area contributed by atoms with Crippen LogP contribution in [0.5, 0.6) is 0 Å². The summed E-state index contributed by atoms with van der Waals surface area (Å²) >= 11 is 0. The Morgan fingerprint density at radius 1 is 1.22 bits per heavy atom. The zero-order valence-electron chi connectivity index (χ0n) is 8.86. The molecular weight excluding hydrogens is 271 g/mol. The van der Waals surface area contributed by atoms with Crippen molar-refractivity contribution in [2.24, 2.45) is 0 Å². The van der Waals surface area contributed by atoms with Gasteiger partial charge in [-0.2, -0.15) is 21.6 Å². The number of nitrogens with one attached hydrogen (secondary N) is 1. The molecule has 1 N–H and O–H groups in total. The predicted octanol–water partition coefficient (Wildman–Crippen LogP) is 2.53. The number of rotatable bonds is 3. The summed E-state index contributed by atoms with van der Waals surface area (Å²) in [6, 6.07) is 8.50. The quantitative estimate of drug-likeness (QED) is 0.693. The second kappa shape index (κ2) is 4.29. The molecule has 18 heavy (non-hydrogen) atoms. The van der Waals surface area contributed by atoms with Crippen molar-refractivity contribution in [2.45, 2.75) is 12.1 Å². The number of fused-ring (bicyclic) bond motifs is 1. The topological polar surface area (TPSA) is 59.2 Å². The van der Waals surface area contributed by atoms with Crippen molar-refractivity contribution in [3.63, 3.8) is 0 Å². The molecule has 2 rings (SSSR count). The van der Waals surface area contributed by atoms with E-state index in [9.17, 15) is 21.6 Å². The number of aromatic amines is 1. The van der Waals surface area contributed by atoms with Crippen LogP contribution in [0.2, 0.25) is 0 Å². The fraction of sp³-hybridized carbons (Fsp3) is 0.200. The molecule has 0 fully saturated rings. The molecule has 1 aromatic carbocycles. The van der Waals surface area contributed by atoms with E-state index in [0.717, 1.165) is 5.39 Å². The van der Waals surface area contributed by atoms with Crippen molar-refractivity contribution in [1.29, 1.82) is 0 Å². The molecule has 98 valence electrons. The summed E-state index contributed by atoms with van der Waals surface area (Å²) in [5, 5.41) is 0.764. The van der Waals surface area contributed by atoms with Crippen molar-refractivity contribution in [2.75, 3.05) is 0 Å². The van der Waals surface area contributed by atoms with Gasteiger partial charge in [0, 0.05) is 11.2 Å². The predicted molar refractivity (Wildman–Crippen MR) is 58.1 cm³/mol. The van der Waals surface area contributed by atoms with Gasteiger partial charge in [-0.25, -0.2) is 0 Å². The van der Waals surface area contributed by atoms with E-state index in [0.29, 0.717) is 5.52 Å². The van der Waals surface area contributed by atoms with Crippen molar-refractivity contribution in [3.8, 4) is 0 Å². The van der Waals surface area contributed by atoms with E-state index in [1.165, 1.54) is 6.07 Å². The highest BCUT2D eigenvalue weighted by molar-refractivity contribution is 7.87. The first-order chi connectivity index (χ1) is 8.29. The summed E-state index contributed by atoms with van der Waals surface area (Å²) in [6.07, 6.45) is 0. The zero-order valence-corrected chi connectivity index (χ0v) is 9.68. The van der Waals surface area contributed by atoms with Crippen LogP contribution in [0.1, 0.15) is 5.69 Å². The monoisotopic (exact) mass is 279 g/mol. The number of alkyl halides is 3. The van der Waals surface area contributed by atoms with E-state index in [4.69, 9.17) is 0 Å². The molecule has 1 aromatic heterocycles. The van der Waals surface area contributed by atoms with Gasteiger partial charge >= 0.3 is 15.6 Å². The third-order valence-electron chi connectivity index (χ3n) is 2.24. The van der Waals surface area contributed by atoms with Crippen LogP contribution in [0.25, 0.3) is 10.9 Å². The molecule has 0 atom stereocenters. The number of hydrogen-bond acceptors (Lipinski definition) is 3. The van der Waals surface area contributed by atoms with E-state index < -0.39 is 22.2 Å². The molecule has 0 radical (unpaired) electrons. The molecule has 0 amide bonds. The summed E-state index contributed by atoms with van der Waals surface area (Å²) in [5.41, 5.74) is -4.46. The zero-order chi connectivity index (χ0) is 13.4. The molecule has 0 saturated heterocycles. The maximum absolute atomic E-state index is 12.0. The second-order valence-corrected chi connectivity index (χ2v) is 5.15. The van der Waals surface area contributed by atoms with Gasteiger partial charge in [0.25, 0.3) is 0 Å². The summed E-state index contributed by atoms with van der Waals surface area (Å²) in [6.45, 7) is -0.684. The van der Waals surface area contributed by atoms with E-state index in [1.807, 2.05) is 0 Å². The van der Waals surface area contributed by atoms with Crippen LogP contribution in [0, 0.1) is 0 Å². The maximum atomic E-state index is 12.0. The molecule has 0 aliphatic rings. The Hall–Kier alpha value is -1.54. The van der Waals surface area contributed by atoms with Gasteiger partial charge < -0.3 is 4.98 Å². The van der Waals surface area contributed by atoms with Crippen LogP contribution in [0.3, 0.4) is 0 Å². The number of halogens is 3. The summed E-state index contributed by atoms with van der Waals surface area (Å²) < 4.78 is 61.3. The van der Waals surface area contributed by atoms with E-state index in [1.54, 1.807) is 24.3 Å². The standard InChI is InChI=1S/C10H8F3NO3S/c11-10(12,13)18(15,16)17-6-8-5-7-3-1-2-4-9(7)14-8/h1-5,14H,6H2. The van der Waals surface area contributed by atoms with Crippen LogP contribution in [-0.4, -0.2) is 18.9 Å². The molecule has 0 aliphatic carbocycles. The van der Waals surface area contributed by atoms with Gasteiger partial charge in [-0.3, -0.25) is 4.18 Å². The first-order valence-electron chi connectivity index (χ1n) is 4.82. The highest BCUT2D eigenvalue weighted by Gasteiger charge is 2.47. The van der Waals surface area contributed by atoms with Gasteiger partial charge in [0.2, 0.25) is 0 Å². The molecule has 2 aromatic rings. The van der Waals surface area contributed by atoms with Gasteiger partial charge in [0.1, 0.15) is 6.61 Å². The van der Waals surface area contributed by atoms with Crippen molar-refractivity contribution in [3.05, 3.63) is 36.0 Å². The lowest BCUT2D eigenvalue weighted by molar-refractivity contribution is -0.0548. The van der Waals surface area contributed by atoms with Crippen molar-refractivity contribution < 1.29 is 25.8 Å². The summed E-state index contributed by atoms with van der Waals surface area (Å²) in [5.74, 6) is 0. The van der Waals surface area contributed by atoms with Crippen LogP contribution >= 0.6 is 0 Å². The SMILES string of the molecule is O=S(=O)(OCc1cc2ccccc2[nH]1)C(F)(F)F. The minimum Gasteiger partial charge on any atom is -0.356 e. The number of aromatic nitrogens is 1. The van der Waals surface area contributed by atoms with Gasteiger partial charge in [0.15, 0.2) is 0 Å². The first kappa shape index (κ1) is 12.9. The number of benzene rings is 1. The Bertz CT molecular complexity index is 627. The molecule has 0 aliphatic heterocycles. The minimum absolute atomic E-state index is 0.254. The second-order valence-electron chi connectivity index (χ2n) is 3.54. The minimum atomic E-state index is -5.55. The van der Waals surface area contributed by atoms with Crippen molar-refractivity contribution in [1.82, 2.24) is 4.98 Å². The lowest BCUT2D eigenvalue weighted by Crippen LogP contribution is -2.25. The number of H-pyrrole nitrogens is 1. The Balaban J connectivity index is 2.16. The highest BCUT2D eigenvalue weighted by Crippen LogP contribution is 2.25. The average molecular weight is 279 g/mol. The van der Waals surface area contributed by atoms with Gasteiger partial charge in [-0.05, 0) is 17.5 Å². The van der Waals surface area contributed by atoms with Crippen molar-refractivity contribution >= 4 is 21.0 Å². The average Bonchev–Trinajstić information content (AvgIpc) is 2.67. The molecule has 0 unspecified atom stereocenters. The molecule has 4 nitrogen and oxygen atoms in total. The van der Waals surface area contributed by atoms with Gasteiger partial charge in [-0.15, -0.1) is 0 Å². The summed E-state index contributed by atoms with van der Waals surface area (Å²) in [4.78, 5) is 2.76. The van der Waals surface area contributed by atoms with Crippen LogP contribution in [0.15, 0.2) is 30.3 Å². The Labute approximate surface area is 100 Å². The summed E-state index contributed by atoms with van der Waals surface area (Å²) in [7, 11) is -5.55. The van der Waals surface area contributed by atoms with E-state index in [2.05, 4.69) is 9.17 Å². The molecular formula is C10H8F3NO3S. The Morgan fingerprint density at radius 2 is 1.89 bits per heavy atom. The lowest BCUT2D eigenvalue weighted by Gasteiger charge is -2.06. The van der Waals surface area contributed by atoms with E-state index in [-0.39, 0.29) is 5.69 Å². The first-order valence-corrected chi connectivity index (χ1v) is 6.23. The Kier molecular flexibility index (Phi) is 3.07. The molecule has 0 bridgehead atoms. The number of hydrogen-bond donors (Lipinski definition) is 1. The number of para-hydroxylation sites is 1. The lowest BCUT2D eigenvalue weighted by atomic mass is 10.2. The Morgan fingerprint density at radius 3 is 2.50 bits per heavy atom. The third-order valence-corrected chi connectivity index (χ3v) is 3.23. The molecule has 0 spiro atoms. The maximum Gasteiger partial charge on any atom is 0.523 e. The van der Waals surface area contributed by atoms with Gasteiger partial charge in [-0.1, -0.05) is 18.2 Å². The largest absolute Gasteiger partial charge is 0.523 e. The van der Waals surface area contributed by atoms with Crippen LogP contribution in [0.4, 0.5) is 13.2 Å².